The van der Waals surface area contributed by atoms with Crippen molar-refractivity contribution < 1.29 is 33.4 Å². The van der Waals surface area contributed by atoms with Crippen molar-refractivity contribution in [1.29, 1.82) is 0 Å². The molecule has 1 saturated heterocycles. The highest BCUT2D eigenvalue weighted by Gasteiger charge is 2.33. The monoisotopic (exact) mass is 331 g/mol. The average molecular weight is 331 g/mol. The highest BCUT2D eigenvalue weighted by atomic mass is 16.7. The van der Waals surface area contributed by atoms with E-state index in [2.05, 4.69) is 0 Å². The normalized spacial score (nSPS) is 16.0. The van der Waals surface area contributed by atoms with E-state index >= 15 is 0 Å². The predicted octanol–water partition coefficient (Wildman–Crippen LogP) is 0.690. The Morgan fingerprint density at radius 3 is 2.26 bits per heavy atom. The molecule has 23 heavy (non-hydrogen) atoms. The van der Waals surface area contributed by atoms with E-state index in [1.807, 2.05) is 0 Å². The molecule has 0 bridgehead atoms. The van der Waals surface area contributed by atoms with E-state index in [0.717, 1.165) is 6.42 Å². The van der Waals surface area contributed by atoms with Crippen LogP contribution in [0.15, 0.2) is 0 Å². The molecule has 1 aliphatic rings. The lowest BCUT2D eigenvalue weighted by Gasteiger charge is -2.16. The van der Waals surface area contributed by atoms with Gasteiger partial charge in [0.2, 0.25) is 0 Å². The fraction of sp³-hybridized carbons (Fsp3) is 0.800. The summed E-state index contributed by atoms with van der Waals surface area (Å²) in [4.78, 5) is 39.3. The first-order valence-corrected chi connectivity index (χ1v) is 7.78. The van der Waals surface area contributed by atoms with Crippen LogP contribution in [0.25, 0.3) is 0 Å². The molecule has 132 valence electrons. The first-order valence-electron chi connectivity index (χ1n) is 7.78. The van der Waals surface area contributed by atoms with Crippen LogP contribution < -0.4 is 0 Å². The van der Waals surface area contributed by atoms with Gasteiger partial charge in [0, 0.05) is 39.8 Å². The van der Waals surface area contributed by atoms with Gasteiger partial charge in [0.1, 0.15) is 0 Å². The molecule has 0 N–H and O–H groups in total. The van der Waals surface area contributed by atoms with Gasteiger partial charge in [-0.15, -0.1) is 5.06 Å². The highest BCUT2D eigenvalue weighted by Crippen LogP contribution is 2.15. The van der Waals surface area contributed by atoms with Crippen LogP contribution in [-0.2, 0) is 33.4 Å². The summed E-state index contributed by atoms with van der Waals surface area (Å²) in [6.45, 7) is 4.34. The molecule has 0 spiro atoms. The number of hydrogen-bond acceptors (Lipinski definition) is 7. The molecule has 0 saturated carbocycles. The van der Waals surface area contributed by atoms with E-state index in [-0.39, 0.29) is 12.8 Å². The zero-order chi connectivity index (χ0) is 17.1. The Balaban J connectivity index is 2.05. The Morgan fingerprint density at radius 1 is 1.04 bits per heavy atom. The Morgan fingerprint density at radius 2 is 1.65 bits per heavy atom. The maximum Gasteiger partial charge on any atom is 0.336 e. The Labute approximate surface area is 135 Å². The van der Waals surface area contributed by atoms with Crippen molar-refractivity contribution in [2.45, 2.75) is 32.6 Å². The lowest BCUT2D eigenvalue weighted by atomic mass is 10.1. The summed E-state index contributed by atoms with van der Waals surface area (Å²) in [6.07, 6.45) is 1.41. The number of carbonyl (C=O) groups is 3. The van der Waals surface area contributed by atoms with Crippen molar-refractivity contribution in [1.82, 2.24) is 5.06 Å². The van der Waals surface area contributed by atoms with Crippen LogP contribution in [0.4, 0.5) is 0 Å². The Hall–Kier alpha value is -1.51. The Bertz CT molecular complexity index is 383. The van der Waals surface area contributed by atoms with Gasteiger partial charge in [0.25, 0.3) is 11.8 Å². The van der Waals surface area contributed by atoms with E-state index in [1.54, 1.807) is 14.0 Å². The molecular weight excluding hydrogens is 306 g/mol. The third-order valence-electron chi connectivity index (χ3n) is 3.29. The second-order valence-electron chi connectivity index (χ2n) is 5.25. The fourth-order valence-electron chi connectivity index (χ4n) is 1.83. The van der Waals surface area contributed by atoms with E-state index in [4.69, 9.17) is 19.0 Å². The maximum absolute atomic E-state index is 11.8. The number of amides is 2. The van der Waals surface area contributed by atoms with Gasteiger partial charge in [-0.1, -0.05) is 6.92 Å². The number of nitrogens with zero attached hydrogens (tertiary/aromatic N) is 1. The summed E-state index contributed by atoms with van der Waals surface area (Å²) < 4.78 is 15.5. The first kappa shape index (κ1) is 19.5. The van der Waals surface area contributed by atoms with Crippen molar-refractivity contribution >= 4 is 17.8 Å². The number of imide groups is 1. The van der Waals surface area contributed by atoms with E-state index < -0.39 is 23.7 Å². The van der Waals surface area contributed by atoms with Gasteiger partial charge in [0.05, 0.1) is 19.1 Å². The second kappa shape index (κ2) is 11.1. The van der Waals surface area contributed by atoms with Gasteiger partial charge in [-0.3, -0.25) is 9.59 Å². The number of hydroxylamine groups is 2. The third-order valence-corrected chi connectivity index (χ3v) is 3.29. The molecular formula is C15H25NO7. The summed E-state index contributed by atoms with van der Waals surface area (Å²) in [7, 11) is 1.62. The maximum atomic E-state index is 11.8. The average Bonchev–Trinajstić information content (AvgIpc) is 2.85. The van der Waals surface area contributed by atoms with Crippen LogP contribution in [0.5, 0.6) is 0 Å². The molecule has 1 aliphatic heterocycles. The van der Waals surface area contributed by atoms with Crippen LogP contribution in [0.1, 0.15) is 32.6 Å². The smallest absolute Gasteiger partial charge is 0.336 e. The first-order chi connectivity index (χ1) is 11.1. The van der Waals surface area contributed by atoms with Gasteiger partial charge < -0.3 is 19.0 Å². The Kier molecular flexibility index (Phi) is 9.42. The molecule has 0 radical (unpaired) electrons. The van der Waals surface area contributed by atoms with Crippen LogP contribution >= 0.6 is 0 Å². The van der Waals surface area contributed by atoms with Crippen molar-refractivity contribution in [3.63, 3.8) is 0 Å². The number of methoxy groups -OCH3 is 1. The lowest BCUT2D eigenvalue weighted by molar-refractivity contribution is -0.200. The van der Waals surface area contributed by atoms with Gasteiger partial charge in [-0.2, -0.15) is 0 Å². The summed E-state index contributed by atoms with van der Waals surface area (Å²) in [5.74, 6) is -1.99. The van der Waals surface area contributed by atoms with E-state index in [1.165, 1.54) is 0 Å². The standard InChI is InChI=1S/C15H25NO7/c1-12(6-9-21-7-3-8-22-11-10-20-2)15(19)23-16-13(17)4-5-14(16)18/h12H,3-11H2,1-2H3. The highest BCUT2D eigenvalue weighted by molar-refractivity contribution is 6.01. The molecule has 0 aromatic carbocycles. The molecule has 1 unspecified atom stereocenters. The van der Waals surface area contributed by atoms with Crippen LogP contribution in [0.3, 0.4) is 0 Å². The number of carbonyl (C=O) groups excluding carboxylic acids is 3. The summed E-state index contributed by atoms with van der Waals surface area (Å²) >= 11 is 0. The molecule has 0 aliphatic carbocycles. The zero-order valence-corrected chi connectivity index (χ0v) is 13.7. The third kappa shape index (κ3) is 7.54. The van der Waals surface area contributed by atoms with E-state index in [9.17, 15) is 14.4 Å². The largest absolute Gasteiger partial charge is 0.382 e. The minimum atomic E-state index is -0.597. The van der Waals surface area contributed by atoms with Gasteiger partial charge in [-0.25, -0.2) is 4.79 Å². The number of ether oxygens (including phenoxy) is 3. The molecule has 1 heterocycles. The fourth-order valence-corrected chi connectivity index (χ4v) is 1.83. The van der Waals surface area contributed by atoms with Gasteiger partial charge in [-0.05, 0) is 12.8 Å². The molecule has 2 amide bonds. The summed E-state index contributed by atoms with van der Waals surface area (Å²) in [6, 6.07) is 0. The molecule has 1 rings (SSSR count). The molecule has 1 atom stereocenters. The zero-order valence-electron chi connectivity index (χ0n) is 13.7. The molecule has 1 fully saturated rings. The van der Waals surface area contributed by atoms with Gasteiger partial charge >= 0.3 is 5.97 Å². The number of rotatable bonds is 12. The van der Waals surface area contributed by atoms with E-state index in [0.29, 0.717) is 44.5 Å². The minimum Gasteiger partial charge on any atom is -0.382 e. The predicted molar refractivity (Wildman–Crippen MR) is 79.1 cm³/mol. The van der Waals surface area contributed by atoms with Gasteiger partial charge in [0.15, 0.2) is 0 Å². The van der Waals surface area contributed by atoms with Crippen molar-refractivity contribution in [3.8, 4) is 0 Å². The quantitative estimate of drug-likeness (QED) is 0.384. The second-order valence-corrected chi connectivity index (χ2v) is 5.25. The van der Waals surface area contributed by atoms with Crippen LogP contribution in [-0.4, -0.2) is 63.0 Å². The topological polar surface area (TPSA) is 91.4 Å². The SMILES string of the molecule is COCCOCCCOCCC(C)C(=O)ON1C(=O)CCC1=O. The molecule has 8 nitrogen and oxygen atoms in total. The number of hydrogen-bond donors (Lipinski definition) is 0. The minimum absolute atomic E-state index is 0.0933. The van der Waals surface area contributed by atoms with Crippen LogP contribution in [0, 0.1) is 5.92 Å². The lowest BCUT2D eigenvalue weighted by Crippen LogP contribution is -2.34. The van der Waals surface area contributed by atoms with Crippen molar-refractivity contribution in [3.05, 3.63) is 0 Å². The van der Waals surface area contributed by atoms with Crippen LogP contribution in [0.2, 0.25) is 0 Å². The molecule has 0 aromatic rings. The summed E-state index contributed by atoms with van der Waals surface area (Å²) in [5.41, 5.74) is 0. The van der Waals surface area contributed by atoms with Crippen molar-refractivity contribution in [2.75, 3.05) is 40.1 Å². The molecule has 8 heteroatoms. The van der Waals surface area contributed by atoms with Crippen molar-refractivity contribution in [2.24, 2.45) is 5.92 Å². The summed E-state index contributed by atoms with van der Waals surface area (Å²) in [5, 5.41) is 0.567. The molecule has 0 aromatic heterocycles.